The van der Waals surface area contributed by atoms with Gasteiger partial charge in [0, 0.05) is 17.5 Å². The number of benzene rings is 3. The first kappa shape index (κ1) is 21.8. The molecule has 2 unspecified atom stereocenters. The van der Waals surface area contributed by atoms with E-state index in [0.717, 1.165) is 34.2 Å². The predicted octanol–water partition coefficient (Wildman–Crippen LogP) is 3.77. The summed E-state index contributed by atoms with van der Waals surface area (Å²) in [5.74, 6) is -0.430. The zero-order chi connectivity index (χ0) is 23.1. The Bertz CT molecular complexity index is 1320. The molecule has 0 aliphatic carbocycles. The quantitative estimate of drug-likeness (QED) is 0.578. The number of hydrogen-bond donors (Lipinski definition) is 2. The van der Waals surface area contributed by atoms with Gasteiger partial charge < -0.3 is 11.1 Å². The third-order valence-electron chi connectivity index (χ3n) is 6.16. The second-order valence-electron chi connectivity index (χ2n) is 8.49. The normalized spacial score (nSPS) is 20.1. The Kier molecular flexibility index (Phi) is 5.38. The molecule has 3 aromatic carbocycles. The molecule has 1 amide bonds. The van der Waals surface area contributed by atoms with Gasteiger partial charge in [-0.15, -0.1) is 0 Å². The second-order valence-corrected chi connectivity index (χ2v) is 10.5. The summed E-state index contributed by atoms with van der Waals surface area (Å²) >= 11 is 0. The van der Waals surface area contributed by atoms with Gasteiger partial charge in [-0.1, -0.05) is 30.3 Å². The number of carbonyl (C=O) groups excluding carboxylic acids is 2. The van der Waals surface area contributed by atoms with Gasteiger partial charge in [0.2, 0.25) is 5.91 Å². The smallest absolute Gasteiger partial charge is 0.226 e. The zero-order valence-electron chi connectivity index (χ0n) is 17.8. The van der Waals surface area contributed by atoms with Gasteiger partial charge in [-0.25, -0.2) is 8.42 Å². The Morgan fingerprint density at radius 3 is 2.41 bits per heavy atom. The number of hydrogen-bond acceptors (Lipinski definition) is 5. The summed E-state index contributed by atoms with van der Waals surface area (Å²) in [6, 6.07) is 19.5. The number of anilines is 1. The van der Waals surface area contributed by atoms with Crippen LogP contribution in [0.4, 0.5) is 5.69 Å². The Balaban J connectivity index is 1.75. The number of nitrogens with two attached hydrogens (primary N) is 1. The van der Waals surface area contributed by atoms with Crippen LogP contribution in [0, 0.1) is 5.41 Å². The molecule has 4 rings (SSSR count). The monoisotopic (exact) mass is 448 g/mol. The van der Waals surface area contributed by atoms with Gasteiger partial charge in [0.15, 0.2) is 9.84 Å². The van der Waals surface area contributed by atoms with Crippen molar-refractivity contribution in [2.24, 2.45) is 11.1 Å². The van der Waals surface area contributed by atoms with Crippen molar-refractivity contribution in [2.45, 2.75) is 24.3 Å². The van der Waals surface area contributed by atoms with Crippen molar-refractivity contribution >= 4 is 27.7 Å². The lowest BCUT2D eigenvalue weighted by molar-refractivity contribution is -0.127. The van der Waals surface area contributed by atoms with Crippen LogP contribution in [0.15, 0.2) is 71.6 Å². The number of fused-ring (bicyclic) bond motifs is 1. The van der Waals surface area contributed by atoms with Crippen LogP contribution in [-0.2, 0) is 21.1 Å². The van der Waals surface area contributed by atoms with Gasteiger partial charge in [-0.05, 0) is 72.0 Å². The number of nitrogens with one attached hydrogen (secondary N) is 1. The number of amides is 1. The Morgan fingerprint density at radius 2 is 1.78 bits per heavy atom. The molecule has 0 bridgehead atoms. The zero-order valence-corrected chi connectivity index (χ0v) is 18.6. The van der Waals surface area contributed by atoms with Crippen LogP contribution in [0.2, 0.25) is 0 Å². The van der Waals surface area contributed by atoms with Crippen LogP contribution in [-0.4, -0.2) is 26.9 Å². The van der Waals surface area contributed by atoms with Gasteiger partial charge in [0.1, 0.15) is 6.29 Å². The maximum atomic E-state index is 12.6. The third kappa shape index (κ3) is 3.91. The summed E-state index contributed by atoms with van der Waals surface area (Å²) in [6.07, 6.45) is 2.37. The maximum Gasteiger partial charge on any atom is 0.226 e. The van der Waals surface area contributed by atoms with E-state index in [-0.39, 0.29) is 10.9 Å². The lowest BCUT2D eigenvalue weighted by Crippen LogP contribution is -2.46. The van der Waals surface area contributed by atoms with Gasteiger partial charge in [-0.2, -0.15) is 0 Å². The van der Waals surface area contributed by atoms with Crippen LogP contribution in [0.3, 0.4) is 0 Å². The van der Waals surface area contributed by atoms with E-state index >= 15 is 0 Å². The first-order chi connectivity index (χ1) is 15.1. The van der Waals surface area contributed by atoms with Gasteiger partial charge in [0.25, 0.3) is 0 Å². The molecule has 0 aromatic heterocycles. The number of primary amides is 1. The van der Waals surface area contributed by atoms with Gasteiger partial charge in [0.05, 0.1) is 16.4 Å². The molecule has 1 aliphatic rings. The molecule has 1 aliphatic heterocycles. The highest BCUT2D eigenvalue weighted by molar-refractivity contribution is 7.90. The van der Waals surface area contributed by atoms with Crippen molar-refractivity contribution in [1.29, 1.82) is 0 Å². The molecule has 164 valence electrons. The highest BCUT2D eigenvalue weighted by Gasteiger charge is 2.44. The fourth-order valence-electron chi connectivity index (χ4n) is 4.26. The fraction of sp³-hybridized carbons (Fsp3) is 0.200. The molecule has 0 saturated heterocycles. The molecule has 3 aromatic rings. The summed E-state index contributed by atoms with van der Waals surface area (Å²) in [6.45, 7) is 1.83. The largest absolute Gasteiger partial charge is 0.377 e. The maximum absolute atomic E-state index is 12.6. The van der Waals surface area contributed by atoms with Crippen LogP contribution < -0.4 is 11.1 Å². The number of rotatable bonds is 5. The molecule has 7 heteroatoms. The first-order valence-corrected chi connectivity index (χ1v) is 12.1. The molecule has 32 heavy (non-hydrogen) atoms. The van der Waals surface area contributed by atoms with E-state index in [0.29, 0.717) is 12.0 Å². The lowest BCUT2D eigenvalue weighted by atomic mass is 9.70. The minimum absolute atomic E-state index is 0.263. The van der Waals surface area contributed by atoms with Crippen molar-refractivity contribution in [3.8, 4) is 11.1 Å². The van der Waals surface area contributed by atoms with E-state index in [1.807, 2.05) is 37.3 Å². The number of sulfone groups is 1. The minimum Gasteiger partial charge on any atom is -0.377 e. The number of carbonyl (C=O) groups is 2. The first-order valence-electron chi connectivity index (χ1n) is 10.2. The Hall–Kier alpha value is -3.45. The van der Waals surface area contributed by atoms with E-state index in [1.54, 1.807) is 36.4 Å². The standard InChI is InChI=1S/C25H24N2O4S/c1-25(24(26)29)14-20-12-16(15-28)6-11-22(20)27-23(25)19-5-3-4-18(13-19)17-7-9-21(10-8-17)32(2,30)31/h3-13,15,23,27H,14H2,1-2H3,(H2,26,29). The third-order valence-corrected chi connectivity index (χ3v) is 7.29. The molecule has 0 saturated carbocycles. The van der Waals surface area contributed by atoms with Crippen LogP contribution in [0.1, 0.15) is 34.5 Å². The number of aldehydes is 1. The van der Waals surface area contributed by atoms with Crippen molar-refractivity contribution in [1.82, 2.24) is 0 Å². The Morgan fingerprint density at radius 1 is 1.06 bits per heavy atom. The molecule has 1 heterocycles. The molecular formula is C25H24N2O4S. The molecule has 0 fully saturated rings. The molecule has 3 N–H and O–H groups in total. The predicted molar refractivity (Wildman–Crippen MR) is 124 cm³/mol. The van der Waals surface area contributed by atoms with Crippen molar-refractivity contribution in [2.75, 3.05) is 11.6 Å². The molecule has 6 nitrogen and oxygen atoms in total. The van der Waals surface area contributed by atoms with Crippen molar-refractivity contribution in [3.63, 3.8) is 0 Å². The van der Waals surface area contributed by atoms with Crippen LogP contribution >= 0.6 is 0 Å². The summed E-state index contributed by atoms with van der Waals surface area (Å²) in [5, 5.41) is 3.45. The summed E-state index contributed by atoms with van der Waals surface area (Å²) < 4.78 is 23.5. The Labute approximate surface area is 187 Å². The minimum atomic E-state index is -3.27. The highest BCUT2D eigenvalue weighted by Crippen LogP contribution is 2.45. The van der Waals surface area contributed by atoms with Crippen molar-refractivity contribution in [3.05, 3.63) is 83.4 Å². The average molecular weight is 449 g/mol. The van der Waals surface area contributed by atoms with Gasteiger partial charge in [-0.3, -0.25) is 9.59 Å². The SMILES string of the molecule is CC1(C(N)=O)Cc2cc(C=O)ccc2NC1c1cccc(-c2ccc(S(C)(=O)=O)cc2)c1. The van der Waals surface area contributed by atoms with E-state index < -0.39 is 21.2 Å². The van der Waals surface area contributed by atoms with Crippen LogP contribution in [0.25, 0.3) is 11.1 Å². The topological polar surface area (TPSA) is 106 Å². The second kappa shape index (κ2) is 7.91. The van der Waals surface area contributed by atoms with Crippen molar-refractivity contribution < 1.29 is 18.0 Å². The average Bonchev–Trinajstić information content (AvgIpc) is 2.77. The van der Waals surface area contributed by atoms with Crippen LogP contribution in [0.5, 0.6) is 0 Å². The molecule has 0 spiro atoms. The van der Waals surface area contributed by atoms with E-state index in [9.17, 15) is 18.0 Å². The lowest BCUT2D eigenvalue weighted by Gasteiger charge is -2.41. The summed E-state index contributed by atoms with van der Waals surface area (Å²) in [4.78, 5) is 24.0. The van der Waals surface area contributed by atoms with Gasteiger partial charge >= 0.3 is 0 Å². The molecular weight excluding hydrogens is 424 g/mol. The summed E-state index contributed by atoms with van der Waals surface area (Å²) in [7, 11) is -3.27. The fourth-order valence-corrected chi connectivity index (χ4v) is 4.89. The van der Waals surface area contributed by atoms with E-state index in [4.69, 9.17) is 5.73 Å². The highest BCUT2D eigenvalue weighted by atomic mass is 32.2. The van der Waals surface area contributed by atoms with E-state index in [2.05, 4.69) is 5.32 Å². The molecule has 2 atom stereocenters. The summed E-state index contributed by atoms with van der Waals surface area (Å²) in [5.41, 5.74) is 9.90. The van der Waals surface area contributed by atoms with E-state index in [1.165, 1.54) is 6.26 Å². The molecule has 0 radical (unpaired) electrons.